The van der Waals surface area contributed by atoms with Crippen molar-refractivity contribution in [2.75, 3.05) is 4.90 Å². The minimum atomic E-state index is -0.368. The molecule has 4 aromatic rings. The van der Waals surface area contributed by atoms with E-state index in [0.29, 0.717) is 11.1 Å². The van der Waals surface area contributed by atoms with Gasteiger partial charge in [0.1, 0.15) is 5.76 Å². The van der Waals surface area contributed by atoms with E-state index in [0.717, 1.165) is 34.2 Å². The molecule has 0 aromatic heterocycles. The van der Waals surface area contributed by atoms with Crippen molar-refractivity contribution in [2.45, 2.75) is 38.5 Å². The number of rotatable bonds is 4. The van der Waals surface area contributed by atoms with E-state index in [1.54, 1.807) is 0 Å². The molecule has 0 saturated heterocycles. The van der Waals surface area contributed by atoms with Crippen LogP contribution in [0.1, 0.15) is 38.8 Å². The lowest BCUT2D eigenvalue weighted by Gasteiger charge is -2.29. The van der Waals surface area contributed by atoms with Crippen LogP contribution in [0.25, 0.3) is 0 Å². The number of hydrogen-bond acceptors (Lipinski definition) is 3. The van der Waals surface area contributed by atoms with E-state index in [-0.39, 0.29) is 22.4 Å². The van der Waals surface area contributed by atoms with Gasteiger partial charge in [0.2, 0.25) is 17.2 Å². The molecule has 0 atom stereocenters. The predicted molar refractivity (Wildman–Crippen MR) is 171 cm³/mol. The molecule has 3 aliphatic rings. The molecule has 0 fully saturated rings. The highest BCUT2D eigenvalue weighted by Gasteiger charge is 2.48. The second-order valence-electron chi connectivity index (χ2n) is 12.2. The van der Waals surface area contributed by atoms with Gasteiger partial charge in [0.25, 0.3) is 0 Å². The molecular formula is C38H33N2O2+. The van der Waals surface area contributed by atoms with Gasteiger partial charge in [0.05, 0.1) is 16.6 Å². The van der Waals surface area contributed by atoms with E-state index in [1.165, 1.54) is 11.1 Å². The summed E-state index contributed by atoms with van der Waals surface area (Å²) in [7, 11) is 0. The maximum Gasteiger partial charge on any atom is 0.215 e. The van der Waals surface area contributed by atoms with Crippen molar-refractivity contribution >= 4 is 34.2 Å². The van der Waals surface area contributed by atoms with Crippen molar-refractivity contribution in [1.29, 1.82) is 0 Å². The molecular weight excluding hydrogens is 516 g/mol. The zero-order valence-corrected chi connectivity index (χ0v) is 24.3. The van der Waals surface area contributed by atoms with Crippen LogP contribution < -0.4 is 9.48 Å². The van der Waals surface area contributed by atoms with Crippen molar-refractivity contribution in [3.05, 3.63) is 155 Å². The molecule has 7 rings (SSSR count). The first-order chi connectivity index (χ1) is 20.2. The molecule has 2 heterocycles. The molecule has 1 aliphatic carbocycles. The fourth-order valence-electron chi connectivity index (χ4n) is 6.67. The van der Waals surface area contributed by atoms with Gasteiger partial charge in [0.15, 0.2) is 5.71 Å². The van der Waals surface area contributed by atoms with Crippen LogP contribution in [0.4, 0.5) is 22.7 Å². The van der Waals surface area contributed by atoms with Crippen molar-refractivity contribution in [3.63, 3.8) is 0 Å². The smallest absolute Gasteiger partial charge is 0.215 e. The van der Waals surface area contributed by atoms with Gasteiger partial charge in [-0.2, -0.15) is 4.58 Å². The molecule has 4 nitrogen and oxygen atoms in total. The zero-order chi connectivity index (χ0) is 29.2. The average molecular weight is 550 g/mol. The van der Waals surface area contributed by atoms with E-state index >= 15 is 0 Å². The van der Waals surface area contributed by atoms with Gasteiger partial charge in [-0.05, 0) is 43.7 Å². The summed E-state index contributed by atoms with van der Waals surface area (Å²) in [5, 5.41) is 11.4. The summed E-state index contributed by atoms with van der Waals surface area (Å²) in [6.45, 7) is 8.68. The van der Waals surface area contributed by atoms with Gasteiger partial charge in [-0.1, -0.05) is 86.6 Å². The first kappa shape index (κ1) is 26.0. The number of carbonyl (C=O) groups excluding carboxylic acids is 1. The summed E-state index contributed by atoms with van der Waals surface area (Å²) in [4.78, 5) is 16.0. The van der Waals surface area contributed by atoms with Gasteiger partial charge < -0.3 is 10.0 Å². The Bertz CT molecular complexity index is 1890. The quantitative estimate of drug-likeness (QED) is 0.205. The highest BCUT2D eigenvalue weighted by atomic mass is 16.3. The van der Waals surface area contributed by atoms with Gasteiger partial charge in [-0.3, -0.25) is 4.79 Å². The van der Waals surface area contributed by atoms with Crippen LogP contribution in [0.3, 0.4) is 0 Å². The lowest BCUT2D eigenvalue weighted by atomic mass is 9.77. The average Bonchev–Trinajstić information content (AvgIpc) is 3.38. The maximum atomic E-state index is 13.8. The summed E-state index contributed by atoms with van der Waals surface area (Å²) < 4.78 is 2.20. The third-order valence-electron chi connectivity index (χ3n) is 8.99. The van der Waals surface area contributed by atoms with Crippen LogP contribution in [0.5, 0.6) is 0 Å². The fourth-order valence-corrected chi connectivity index (χ4v) is 6.67. The molecule has 206 valence electrons. The van der Waals surface area contributed by atoms with Gasteiger partial charge >= 0.3 is 0 Å². The summed E-state index contributed by atoms with van der Waals surface area (Å²) in [5.74, 6) is -0.105. The minimum absolute atomic E-state index is 0.0412. The number of allylic oxidation sites excluding steroid dienone is 5. The van der Waals surface area contributed by atoms with Crippen molar-refractivity contribution in [2.24, 2.45) is 0 Å². The Balaban J connectivity index is 1.37. The Kier molecular flexibility index (Phi) is 5.74. The van der Waals surface area contributed by atoms with E-state index in [9.17, 15) is 9.90 Å². The standard InChI is InChI=1S/C38H32N2O2/c1-37(2)29-19-11-13-21-31(29)39(25-15-7-5-8-16-25)33(37)23-27-35(41)28(36(27)42)24-34-38(3,4)30-20-12-14-22-32(30)40(34)26-17-9-6-10-18-26/h5-24H,1-4H3/p+1. The highest BCUT2D eigenvalue weighted by molar-refractivity contribution is 6.25. The molecule has 2 aliphatic heterocycles. The molecule has 4 aromatic carbocycles. The van der Waals surface area contributed by atoms with E-state index in [4.69, 9.17) is 0 Å². The lowest BCUT2D eigenvalue weighted by molar-refractivity contribution is -0.113. The highest BCUT2D eigenvalue weighted by Crippen LogP contribution is 2.52. The number of fused-ring (bicyclic) bond motifs is 2. The molecule has 0 spiro atoms. The molecule has 42 heavy (non-hydrogen) atoms. The van der Waals surface area contributed by atoms with Crippen molar-refractivity contribution < 1.29 is 9.90 Å². The van der Waals surface area contributed by atoms with Crippen molar-refractivity contribution in [3.8, 4) is 0 Å². The van der Waals surface area contributed by atoms with Gasteiger partial charge in [0, 0.05) is 52.3 Å². The number of para-hydroxylation sites is 4. The lowest BCUT2D eigenvalue weighted by Crippen LogP contribution is -2.31. The monoisotopic (exact) mass is 549 g/mol. The number of benzene rings is 4. The topological polar surface area (TPSA) is 43.6 Å². The van der Waals surface area contributed by atoms with E-state index in [2.05, 4.69) is 97.8 Å². The number of nitrogens with zero attached hydrogens (tertiary/aromatic N) is 2. The molecule has 0 amide bonds. The van der Waals surface area contributed by atoms with Crippen LogP contribution in [-0.2, 0) is 15.6 Å². The number of aliphatic hydroxyl groups is 1. The Morgan fingerprint density at radius 2 is 1.29 bits per heavy atom. The van der Waals surface area contributed by atoms with E-state index < -0.39 is 0 Å². The first-order valence-electron chi connectivity index (χ1n) is 14.4. The minimum Gasteiger partial charge on any atom is -0.506 e. The number of Topliss-reactive ketones (excluding diaryl/α,β-unsaturated/α-hetero) is 1. The van der Waals surface area contributed by atoms with Crippen LogP contribution in [0, 0.1) is 0 Å². The molecule has 0 unspecified atom stereocenters. The Morgan fingerprint density at radius 1 is 0.690 bits per heavy atom. The largest absolute Gasteiger partial charge is 0.506 e. The number of hydrogen-bond donors (Lipinski definition) is 1. The molecule has 4 heteroatoms. The Hall–Kier alpha value is -4.96. The Labute approximate surface area is 246 Å². The van der Waals surface area contributed by atoms with Crippen LogP contribution in [0.15, 0.2) is 144 Å². The SMILES string of the molecule is CC1(C)C(/C=C2/C(=O)C(/C=C3/N(c4ccccc4)c4ccccc4C3(C)C)=C2O)=[N+](c2ccccc2)c2ccccc21. The number of aliphatic hydroxyl groups excluding tert-OH is 1. The predicted octanol–water partition coefficient (Wildman–Crippen LogP) is 8.59. The summed E-state index contributed by atoms with van der Waals surface area (Å²) in [6, 6.07) is 37.1. The molecule has 0 radical (unpaired) electrons. The molecule has 1 N–H and O–H groups in total. The summed E-state index contributed by atoms with van der Waals surface area (Å²) >= 11 is 0. The van der Waals surface area contributed by atoms with Gasteiger partial charge in [-0.15, -0.1) is 0 Å². The zero-order valence-electron chi connectivity index (χ0n) is 24.3. The number of anilines is 2. The fraction of sp³-hybridized carbons (Fsp3) is 0.158. The van der Waals surface area contributed by atoms with Crippen LogP contribution >= 0.6 is 0 Å². The third kappa shape index (κ3) is 3.68. The molecule has 0 saturated carbocycles. The maximum absolute atomic E-state index is 13.8. The summed E-state index contributed by atoms with van der Waals surface area (Å²) in [5.41, 5.74) is 8.44. The van der Waals surface area contributed by atoms with E-state index in [1.807, 2.05) is 60.7 Å². The number of ketones is 1. The van der Waals surface area contributed by atoms with Crippen LogP contribution in [0.2, 0.25) is 0 Å². The van der Waals surface area contributed by atoms with Crippen molar-refractivity contribution in [1.82, 2.24) is 4.58 Å². The van der Waals surface area contributed by atoms with Gasteiger partial charge in [-0.25, -0.2) is 0 Å². The second-order valence-corrected chi connectivity index (χ2v) is 12.2. The third-order valence-corrected chi connectivity index (χ3v) is 8.99. The normalized spacial score (nSPS) is 20.3. The van der Waals surface area contributed by atoms with Crippen LogP contribution in [-0.4, -0.2) is 16.6 Å². The number of carbonyl (C=O) groups is 1. The summed E-state index contributed by atoms with van der Waals surface area (Å²) in [6.07, 6.45) is 3.77. The second kappa shape index (κ2) is 9.28. The Morgan fingerprint density at radius 3 is 1.98 bits per heavy atom. The first-order valence-corrected chi connectivity index (χ1v) is 14.4. The molecule has 0 bridgehead atoms.